The molecule has 0 aliphatic carbocycles. The minimum absolute atomic E-state index is 0.0308. The van der Waals surface area contributed by atoms with Crippen molar-refractivity contribution in [3.8, 4) is 0 Å². The van der Waals surface area contributed by atoms with Gasteiger partial charge >= 0.3 is 0 Å². The zero-order chi connectivity index (χ0) is 14.7. The first kappa shape index (κ1) is 14.1. The molecule has 108 valence electrons. The normalized spacial score (nSPS) is 18.2. The third-order valence-electron chi connectivity index (χ3n) is 3.59. The lowest BCUT2D eigenvalue weighted by Gasteiger charge is -2.24. The first-order valence-corrected chi connectivity index (χ1v) is 8.27. The molecular weight excluding hydrogens is 280 g/mol. The van der Waals surface area contributed by atoms with Crippen LogP contribution in [0, 0.1) is 0 Å². The molecule has 2 heterocycles. The van der Waals surface area contributed by atoms with Gasteiger partial charge in [-0.2, -0.15) is 0 Å². The van der Waals surface area contributed by atoms with E-state index in [1.54, 1.807) is 18.0 Å². The molecule has 0 saturated carbocycles. The van der Waals surface area contributed by atoms with E-state index in [9.17, 15) is 4.79 Å². The zero-order valence-electron chi connectivity index (χ0n) is 12.0. The number of hydrogen-bond acceptors (Lipinski definition) is 3. The van der Waals surface area contributed by atoms with Gasteiger partial charge in [0.1, 0.15) is 5.37 Å². The number of aromatic nitrogens is 1. The number of pyridine rings is 1. The van der Waals surface area contributed by atoms with Crippen LogP contribution in [-0.4, -0.2) is 16.6 Å². The highest BCUT2D eigenvalue weighted by atomic mass is 32.2. The minimum Gasteiger partial charge on any atom is -0.295 e. The van der Waals surface area contributed by atoms with Crippen LogP contribution in [0.15, 0.2) is 48.8 Å². The molecule has 1 atom stereocenters. The van der Waals surface area contributed by atoms with Crippen LogP contribution in [0.25, 0.3) is 0 Å². The summed E-state index contributed by atoms with van der Waals surface area (Å²) < 4.78 is 0. The Balaban J connectivity index is 1.89. The third-order valence-corrected chi connectivity index (χ3v) is 4.80. The molecule has 0 bridgehead atoms. The molecule has 1 aliphatic rings. The summed E-state index contributed by atoms with van der Waals surface area (Å²) in [6, 6.07) is 12.3. The van der Waals surface area contributed by atoms with Gasteiger partial charge < -0.3 is 0 Å². The zero-order valence-corrected chi connectivity index (χ0v) is 12.8. The second kappa shape index (κ2) is 6.31. The molecule has 0 radical (unpaired) electrons. The molecule has 1 aromatic heterocycles. The average Bonchev–Trinajstić information content (AvgIpc) is 2.91. The molecule has 3 rings (SSSR count). The molecule has 0 unspecified atom stereocenters. The Labute approximate surface area is 129 Å². The van der Waals surface area contributed by atoms with Gasteiger partial charge in [-0.3, -0.25) is 14.7 Å². The van der Waals surface area contributed by atoms with Crippen molar-refractivity contribution in [1.29, 1.82) is 0 Å². The Kier molecular flexibility index (Phi) is 4.25. The number of amides is 1. The summed E-state index contributed by atoms with van der Waals surface area (Å²) in [5.41, 5.74) is 3.36. The van der Waals surface area contributed by atoms with Crippen molar-refractivity contribution in [2.45, 2.75) is 25.1 Å². The van der Waals surface area contributed by atoms with Gasteiger partial charge in [0.25, 0.3) is 0 Å². The van der Waals surface area contributed by atoms with Crippen LogP contribution in [0.2, 0.25) is 0 Å². The standard InChI is InChI=1S/C17H18N2OS/c1-2-4-13-6-8-15(9-7-13)19-16(20)12-21-17(19)14-5-3-10-18-11-14/h3,5-11,17H,2,4,12H2,1H3/t17-/m1/s1. The Morgan fingerprint density at radius 3 is 2.76 bits per heavy atom. The molecule has 0 N–H and O–H groups in total. The topological polar surface area (TPSA) is 33.2 Å². The van der Waals surface area contributed by atoms with Gasteiger partial charge in [-0.15, -0.1) is 11.8 Å². The van der Waals surface area contributed by atoms with Crippen LogP contribution in [0.5, 0.6) is 0 Å². The number of aryl methyl sites for hydroxylation is 1. The summed E-state index contributed by atoms with van der Waals surface area (Å²) in [4.78, 5) is 18.3. The fourth-order valence-corrected chi connectivity index (χ4v) is 3.74. The average molecular weight is 298 g/mol. The maximum absolute atomic E-state index is 12.3. The molecule has 1 saturated heterocycles. The van der Waals surface area contributed by atoms with Gasteiger partial charge in [0.2, 0.25) is 5.91 Å². The van der Waals surface area contributed by atoms with Crippen LogP contribution in [0.3, 0.4) is 0 Å². The van der Waals surface area contributed by atoms with E-state index in [4.69, 9.17) is 0 Å². The number of rotatable bonds is 4. The highest BCUT2D eigenvalue weighted by Gasteiger charge is 2.33. The number of nitrogens with zero attached hydrogens (tertiary/aromatic N) is 2. The van der Waals surface area contributed by atoms with Crippen molar-refractivity contribution in [2.75, 3.05) is 10.7 Å². The first-order chi connectivity index (χ1) is 10.3. The highest BCUT2D eigenvalue weighted by molar-refractivity contribution is 8.00. The van der Waals surface area contributed by atoms with Crippen LogP contribution in [0.1, 0.15) is 29.8 Å². The second-order valence-electron chi connectivity index (χ2n) is 5.13. The number of hydrogen-bond donors (Lipinski definition) is 0. The fourth-order valence-electron chi connectivity index (χ4n) is 2.58. The van der Waals surface area contributed by atoms with Crippen molar-refractivity contribution < 1.29 is 4.79 Å². The van der Waals surface area contributed by atoms with Crippen molar-refractivity contribution in [2.24, 2.45) is 0 Å². The lowest BCUT2D eigenvalue weighted by molar-refractivity contribution is -0.115. The quantitative estimate of drug-likeness (QED) is 0.860. The number of carbonyl (C=O) groups is 1. The molecule has 3 nitrogen and oxygen atoms in total. The van der Waals surface area contributed by atoms with E-state index in [1.807, 2.05) is 23.2 Å². The SMILES string of the molecule is CCCc1ccc(N2C(=O)CS[C@@H]2c2cccnc2)cc1. The van der Waals surface area contributed by atoms with Crippen LogP contribution in [-0.2, 0) is 11.2 Å². The predicted octanol–water partition coefficient (Wildman–Crippen LogP) is 3.81. The summed E-state index contributed by atoms with van der Waals surface area (Å²) >= 11 is 1.66. The summed E-state index contributed by atoms with van der Waals surface area (Å²) in [6.45, 7) is 2.17. The Hall–Kier alpha value is -1.81. The van der Waals surface area contributed by atoms with Crippen molar-refractivity contribution in [3.63, 3.8) is 0 Å². The van der Waals surface area contributed by atoms with Crippen LogP contribution in [0.4, 0.5) is 5.69 Å². The molecule has 1 fully saturated rings. The molecule has 4 heteroatoms. The predicted molar refractivity (Wildman–Crippen MR) is 87.4 cm³/mol. The van der Waals surface area contributed by atoms with E-state index < -0.39 is 0 Å². The Morgan fingerprint density at radius 2 is 2.10 bits per heavy atom. The van der Waals surface area contributed by atoms with Gasteiger partial charge in [-0.25, -0.2) is 0 Å². The Bertz CT molecular complexity index is 612. The molecule has 2 aromatic rings. The minimum atomic E-state index is 0.0308. The summed E-state index contributed by atoms with van der Waals surface area (Å²) in [5, 5.41) is 0.0308. The van der Waals surface area contributed by atoms with E-state index in [-0.39, 0.29) is 11.3 Å². The number of anilines is 1. The van der Waals surface area contributed by atoms with Gasteiger partial charge in [0.15, 0.2) is 0 Å². The van der Waals surface area contributed by atoms with Crippen molar-refractivity contribution >= 4 is 23.4 Å². The first-order valence-electron chi connectivity index (χ1n) is 7.22. The molecule has 0 spiro atoms. The van der Waals surface area contributed by atoms with E-state index in [0.717, 1.165) is 24.1 Å². The smallest absolute Gasteiger partial charge is 0.238 e. The van der Waals surface area contributed by atoms with E-state index in [1.165, 1.54) is 5.56 Å². The fraction of sp³-hybridized carbons (Fsp3) is 0.294. The van der Waals surface area contributed by atoms with E-state index in [0.29, 0.717) is 5.75 Å². The lowest BCUT2D eigenvalue weighted by Crippen LogP contribution is -2.27. The molecule has 1 aromatic carbocycles. The van der Waals surface area contributed by atoms with Crippen molar-refractivity contribution in [1.82, 2.24) is 4.98 Å². The largest absolute Gasteiger partial charge is 0.295 e. The van der Waals surface area contributed by atoms with Gasteiger partial charge in [0, 0.05) is 23.6 Å². The molecule has 1 amide bonds. The number of benzene rings is 1. The molecule has 21 heavy (non-hydrogen) atoms. The van der Waals surface area contributed by atoms with E-state index in [2.05, 4.69) is 36.2 Å². The second-order valence-corrected chi connectivity index (χ2v) is 6.20. The Morgan fingerprint density at radius 1 is 1.29 bits per heavy atom. The maximum atomic E-state index is 12.3. The van der Waals surface area contributed by atoms with Gasteiger partial charge in [-0.1, -0.05) is 31.5 Å². The number of carbonyl (C=O) groups excluding carboxylic acids is 1. The van der Waals surface area contributed by atoms with Gasteiger partial charge in [-0.05, 0) is 30.2 Å². The molecule has 1 aliphatic heterocycles. The lowest BCUT2D eigenvalue weighted by atomic mass is 10.1. The van der Waals surface area contributed by atoms with Gasteiger partial charge in [0.05, 0.1) is 5.75 Å². The van der Waals surface area contributed by atoms with E-state index >= 15 is 0 Å². The summed E-state index contributed by atoms with van der Waals surface area (Å²) in [6.07, 6.45) is 5.81. The highest BCUT2D eigenvalue weighted by Crippen LogP contribution is 2.41. The van der Waals surface area contributed by atoms with Crippen LogP contribution < -0.4 is 4.90 Å². The van der Waals surface area contributed by atoms with Crippen LogP contribution >= 0.6 is 11.8 Å². The summed E-state index contributed by atoms with van der Waals surface area (Å²) in [7, 11) is 0. The third kappa shape index (κ3) is 2.95. The summed E-state index contributed by atoms with van der Waals surface area (Å²) in [5.74, 6) is 0.688. The van der Waals surface area contributed by atoms with Crippen molar-refractivity contribution in [3.05, 3.63) is 59.9 Å². The maximum Gasteiger partial charge on any atom is 0.238 e. The monoisotopic (exact) mass is 298 g/mol. The number of thioether (sulfide) groups is 1. The molecular formula is C17H18N2OS.